The predicted molar refractivity (Wildman–Crippen MR) is 97.0 cm³/mol. The van der Waals surface area contributed by atoms with E-state index in [4.69, 9.17) is 0 Å². The number of hydrogen-bond acceptors (Lipinski definition) is 3. The number of aromatic amines is 1. The normalized spacial score (nSPS) is 11.0. The highest BCUT2D eigenvalue weighted by atomic mass is 19.1. The quantitative estimate of drug-likeness (QED) is 0.594. The van der Waals surface area contributed by atoms with Crippen molar-refractivity contribution in [3.8, 4) is 11.1 Å². The average Bonchev–Trinajstić information content (AvgIpc) is 3.21. The van der Waals surface area contributed by atoms with Gasteiger partial charge in [0, 0.05) is 47.8 Å². The van der Waals surface area contributed by atoms with Gasteiger partial charge >= 0.3 is 0 Å². The molecule has 0 aliphatic rings. The van der Waals surface area contributed by atoms with Crippen LogP contribution in [-0.4, -0.2) is 25.7 Å². The van der Waals surface area contributed by atoms with E-state index >= 15 is 0 Å². The number of hydrogen-bond donors (Lipinski definition) is 2. The predicted octanol–water partition coefficient (Wildman–Crippen LogP) is 3.28. The number of benzene rings is 1. The van der Waals surface area contributed by atoms with Crippen molar-refractivity contribution in [1.29, 1.82) is 0 Å². The van der Waals surface area contributed by atoms with Crippen LogP contribution in [0.1, 0.15) is 5.56 Å². The molecule has 6 nitrogen and oxygen atoms in total. The van der Waals surface area contributed by atoms with Crippen LogP contribution in [0.4, 0.5) is 10.1 Å². The largest absolute Gasteiger partial charge is 0.346 e. The van der Waals surface area contributed by atoms with E-state index < -0.39 is 0 Å². The van der Waals surface area contributed by atoms with E-state index in [1.165, 1.54) is 12.1 Å². The Bertz CT molecular complexity index is 1100. The van der Waals surface area contributed by atoms with Gasteiger partial charge in [-0.15, -0.1) is 0 Å². The van der Waals surface area contributed by atoms with Crippen molar-refractivity contribution in [3.05, 3.63) is 66.5 Å². The summed E-state index contributed by atoms with van der Waals surface area (Å²) in [6, 6.07) is 7.82. The lowest BCUT2D eigenvalue weighted by atomic mass is 10.1. The third-order valence-corrected chi connectivity index (χ3v) is 4.11. The molecule has 1 aromatic carbocycles. The smallest absolute Gasteiger partial charge is 0.228 e. The topological polar surface area (TPSA) is 75.6 Å². The van der Waals surface area contributed by atoms with Crippen LogP contribution in [0, 0.1) is 5.82 Å². The number of rotatable bonds is 4. The third-order valence-electron chi connectivity index (χ3n) is 4.11. The van der Waals surface area contributed by atoms with Crippen LogP contribution in [-0.2, 0) is 18.3 Å². The number of halogens is 1. The Kier molecular flexibility index (Phi) is 3.96. The molecular formula is C19H16FN5O. The highest BCUT2D eigenvalue weighted by Gasteiger charge is 2.12. The molecule has 0 saturated carbocycles. The number of carbonyl (C=O) groups excluding carboxylic acids is 1. The molecule has 0 fully saturated rings. The first-order chi connectivity index (χ1) is 12.6. The molecule has 0 radical (unpaired) electrons. The molecule has 4 aromatic rings. The number of anilines is 1. The maximum atomic E-state index is 13.2. The summed E-state index contributed by atoms with van der Waals surface area (Å²) in [6.07, 6.45) is 7.38. The zero-order valence-corrected chi connectivity index (χ0v) is 14.0. The summed E-state index contributed by atoms with van der Waals surface area (Å²) in [5.41, 5.74) is 3.86. The minimum absolute atomic E-state index is 0.161. The highest BCUT2D eigenvalue weighted by Crippen LogP contribution is 2.25. The van der Waals surface area contributed by atoms with E-state index in [1.807, 2.05) is 19.3 Å². The Morgan fingerprint density at radius 1 is 1.27 bits per heavy atom. The second-order valence-electron chi connectivity index (χ2n) is 6.07. The lowest BCUT2D eigenvalue weighted by Crippen LogP contribution is -2.14. The molecule has 1 amide bonds. The molecule has 0 atom stereocenters. The van der Waals surface area contributed by atoms with Crippen LogP contribution >= 0.6 is 0 Å². The fourth-order valence-electron chi connectivity index (χ4n) is 2.88. The molecule has 2 N–H and O–H groups in total. The number of aromatic nitrogens is 4. The number of H-pyrrole nitrogens is 1. The average molecular weight is 349 g/mol. The van der Waals surface area contributed by atoms with E-state index in [2.05, 4.69) is 20.4 Å². The number of pyridine rings is 1. The maximum Gasteiger partial charge on any atom is 0.228 e. The van der Waals surface area contributed by atoms with Crippen LogP contribution in [0.3, 0.4) is 0 Å². The van der Waals surface area contributed by atoms with Gasteiger partial charge < -0.3 is 10.3 Å². The molecule has 26 heavy (non-hydrogen) atoms. The zero-order valence-electron chi connectivity index (χ0n) is 14.0. The van der Waals surface area contributed by atoms with Gasteiger partial charge in [-0.05, 0) is 29.8 Å². The number of aryl methyl sites for hydroxylation is 1. The van der Waals surface area contributed by atoms with Gasteiger partial charge in [0.15, 0.2) is 0 Å². The van der Waals surface area contributed by atoms with Crippen molar-refractivity contribution < 1.29 is 9.18 Å². The number of carbonyl (C=O) groups is 1. The number of fused-ring (bicyclic) bond motifs is 1. The minimum atomic E-state index is -0.389. The molecule has 0 spiro atoms. The van der Waals surface area contributed by atoms with Crippen molar-refractivity contribution >= 4 is 22.6 Å². The summed E-state index contributed by atoms with van der Waals surface area (Å²) < 4.78 is 15.0. The van der Waals surface area contributed by atoms with Gasteiger partial charge in [0.05, 0.1) is 12.6 Å². The molecule has 0 bridgehead atoms. The van der Waals surface area contributed by atoms with Gasteiger partial charge in [-0.25, -0.2) is 9.37 Å². The molecule has 0 aliphatic heterocycles. The number of nitrogens with one attached hydrogen (secondary N) is 2. The summed E-state index contributed by atoms with van der Waals surface area (Å²) in [5.74, 6) is -0.608. The van der Waals surface area contributed by atoms with Gasteiger partial charge in [0.25, 0.3) is 0 Å². The fourth-order valence-corrected chi connectivity index (χ4v) is 2.88. The van der Waals surface area contributed by atoms with E-state index in [-0.39, 0.29) is 18.1 Å². The van der Waals surface area contributed by atoms with Gasteiger partial charge in [0.1, 0.15) is 11.5 Å². The second kappa shape index (κ2) is 6.44. The Hall–Kier alpha value is -3.48. The van der Waals surface area contributed by atoms with Crippen molar-refractivity contribution in [3.63, 3.8) is 0 Å². The van der Waals surface area contributed by atoms with Crippen LogP contribution in [0.25, 0.3) is 22.2 Å². The molecule has 0 aliphatic carbocycles. The van der Waals surface area contributed by atoms with E-state index in [0.717, 1.165) is 22.1 Å². The Morgan fingerprint density at radius 2 is 2.15 bits per heavy atom. The summed E-state index contributed by atoms with van der Waals surface area (Å²) >= 11 is 0. The Labute approximate surface area is 148 Å². The van der Waals surface area contributed by atoms with Crippen LogP contribution < -0.4 is 5.32 Å². The minimum Gasteiger partial charge on any atom is -0.346 e. The van der Waals surface area contributed by atoms with Crippen LogP contribution in [0.15, 0.2) is 55.1 Å². The van der Waals surface area contributed by atoms with Crippen molar-refractivity contribution in [2.24, 2.45) is 7.05 Å². The molecular weight excluding hydrogens is 333 g/mol. The fraction of sp³-hybridized carbons (Fsp3) is 0.105. The molecule has 3 heterocycles. The second-order valence-corrected chi connectivity index (χ2v) is 6.07. The molecule has 0 saturated heterocycles. The van der Waals surface area contributed by atoms with Gasteiger partial charge in [-0.2, -0.15) is 5.10 Å². The first kappa shape index (κ1) is 16.0. The lowest BCUT2D eigenvalue weighted by Gasteiger charge is -2.05. The highest BCUT2D eigenvalue weighted by molar-refractivity contribution is 5.95. The van der Waals surface area contributed by atoms with E-state index in [9.17, 15) is 9.18 Å². The number of nitrogens with zero attached hydrogens (tertiary/aromatic N) is 3. The van der Waals surface area contributed by atoms with Gasteiger partial charge in [-0.1, -0.05) is 6.07 Å². The van der Waals surface area contributed by atoms with Gasteiger partial charge in [-0.3, -0.25) is 9.48 Å². The summed E-state index contributed by atoms with van der Waals surface area (Å²) in [7, 11) is 1.86. The SMILES string of the molecule is Cn1cc(-c2cnc3[nH]cc(CC(=O)Nc4cccc(F)c4)c3c2)cn1. The molecule has 0 unspecified atom stereocenters. The summed E-state index contributed by atoms with van der Waals surface area (Å²) in [6.45, 7) is 0. The van der Waals surface area contributed by atoms with Crippen LogP contribution in [0.5, 0.6) is 0 Å². The molecule has 4 rings (SSSR count). The molecule has 130 valence electrons. The summed E-state index contributed by atoms with van der Waals surface area (Å²) in [4.78, 5) is 19.8. The third kappa shape index (κ3) is 3.19. The molecule has 7 heteroatoms. The Morgan fingerprint density at radius 3 is 2.92 bits per heavy atom. The lowest BCUT2D eigenvalue weighted by molar-refractivity contribution is -0.115. The van der Waals surface area contributed by atoms with Crippen molar-refractivity contribution in [1.82, 2.24) is 19.7 Å². The standard InChI is InChI=1S/C19H16FN5O/c1-25-11-14(10-23-25)12-5-17-13(9-22-19(17)21-8-12)6-18(26)24-16-4-2-3-15(20)7-16/h2-5,7-11H,6H2,1H3,(H,21,22)(H,24,26). The first-order valence-electron chi connectivity index (χ1n) is 8.09. The van der Waals surface area contributed by atoms with E-state index in [1.54, 1.807) is 35.4 Å². The monoisotopic (exact) mass is 349 g/mol. The maximum absolute atomic E-state index is 13.2. The Balaban J connectivity index is 1.59. The van der Waals surface area contributed by atoms with Crippen LogP contribution in [0.2, 0.25) is 0 Å². The zero-order chi connectivity index (χ0) is 18.1. The molecule has 3 aromatic heterocycles. The first-order valence-corrected chi connectivity index (χ1v) is 8.09. The summed E-state index contributed by atoms with van der Waals surface area (Å²) in [5, 5.41) is 7.76. The van der Waals surface area contributed by atoms with Crippen molar-refractivity contribution in [2.75, 3.05) is 5.32 Å². The van der Waals surface area contributed by atoms with Gasteiger partial charge in [0.2, 0.25) is 5.91 Å². The van der Waals surface area contributed by atoms with Crippen molar-refractivity contribution in [2.45, 2.75) is 6.42 Å². The van der Waals surface area contributed by atoms with E-state index in [0.29, 0.717) is 11.3 Å². The number of amides is 1.